The first kappa shape index (κ1) is 20.7. The third kappa shape index (κ3) is 8.06. The summed E-state index contributed by atoms with van der Waals surface area (Å²) in [5.74, 6) is 0.226. The van der Waals surface area contributed by atoms with Gasteiger partial charge in [0.1, 0.15) is 11.5 Å². The summed E-state index contributed by atoms with van der Waals surface area (Å²) in [5, 5.41) is 2.34. The predicted octanol–water partition coefficient (Wildman–Crippen LogP) is 2.24. The molecule has 0 heterocycles. The molecule has 0 saturated carbocycles. The largest absolute Gasteiger partial charge is 0.484 e. The standard InChI is InChI=1S/C18H18BrN3O4S/c1-12-2-6-14(7-3-12)26-11-17(24)21-22-18(27)20-16(23)10-25-15-8-4-13(19)5-9-15/h2-9H,10-11H2,1H3,(H,21,24)(H2,20,22,23,27). The maximum atomic E-state index is 11.8. The molecule has 3 N–H and O–H groups in total. The quantitative estimate of drug-likeness (QED) is 0.460. The van der Waals surface area contributed by atoms with Crippen molar-refractivity contribution in [2.75, 3.05) is 13.2 Å². The molecule has 0 unspecified atom stereocenters. The van der Waals surface area contributed by atoms with Crippen LogP contribution in [0.25, 0.3) is 0 Å². The monoisotopic (exact) mass is 451 g/mol. The predicted molar refractivity (Wildman–Crippen MR) is 108 cm³/mol. The number of aryl methyl sites for hydroxylation is 1. The zero-order valence-electron chi connectivity index (χ0n) is 14.5. The van der Waals surface area contributed by atoms with Crippen LogP contribution in [0.4, 0.5) is 0 Å². The van der Waals surface area contributed by atoms with Gasteiger partial charge in [0.15, 0.2) is 18.3 Å². The summed E-state index contributed by atoms with van der Waals surface area (Å²) in [6.07, 6.45) is 0. The Hall–Kier alpha value is -2.65. The number of carbonyl (C=O) groups excluding carboxylic acids is 2. The van der Waals surface area contributed by atoms with Crippen molar-refractivity contribution in [1.82, 2.24) is 16.2 Å². The molecule has 0 saturated heterocycles. The fourth-order valence-corrected chi connectivity index (χ4v) is 2.25. The van der Waals surface area contributed by atoms with Gasteiger partial charge in [0.2, 0.25) is 0 Å². The minimum atomic E-state index is -0.458. The molecular formula is C18H18BrN3O4S. The van der Waals surface area contributed by atoms with Crippen LogP contribution in [0.5, 0.6) is 11.5 Å². The third-order valence-corrected chi connectivity index (χ3v) is 3.88. The van der Waals surface area contributed by atoms with Gasteiger partial charge < -0.3 is 9.47 Å². The van der Waals surface area contributed by atoms with E-state index in [-0.39, 0.29) is 18.3 Å². The van der Waals surface area contributed by atoms with E-state index in [1.54, 1.807) is 36.4 Å². The summed E-state index contributed by atoms with van der Waals surface area (Å²) in [4.78, 5) is 23.5. The topological polar surface area (TPSA) is 88.7 Å². The lowest BCUT2D eigenvalue weighted by Gasteiger charge is -2.12. The van der Waals surface area contributed by atoms with Gasteiger partial charge >= 0.3 is 0 Å². The minimum absolute atomic E-state index is 0.0527. The summed E-state index contributed by atoms with van der Waals surface area (Å²) in [6.45, 7) is 1.55. The Bertz CT molecular complexity index is 797. The minimum Gasteiger partial charge on any atom is -0.484 e. The van der Waals surface area contributed by atoms with Crippen molar-refractivity contribution in [3.8, 4) is 11.5 Å². The molecule has 142 valence electrons. The Morgan fingerprint density at radius 2 is 1.41 bits per heavy atom. The van der Waals surface area contributed by atoms with Crippen LogP contribution in [-0.4, -0.2) is 30.1 Å². The van der Waals surface area contributed by atoms with Gasteiger partial charge in [-0.1, -0.05) is 33.6 Å². The number of hydrogen-bond donors (Lipinski definition) is 3. The van der Waals surface area contributed by atoms with Gasteiger partial charge in [-0.15, -0.1) is 0 Å². The van der Waals surface area contributed by atoms with Crippen LogP contribution < -0.4 is 25.6 Å². The average Bonchev–Trinajstić information content (AvgIpc) is 2.65. The van der Waals surface area contributed by atoms with Gasteiger partial charge in [0, 0.05) is 4.47 Å². The lowest BCUT2D eigenvalue weighted by atomic mass is 10.2. The van der Waals surface area contributed by atoms with Crippen molar-refractivity contribution >= 4 is 45.1 Å². The van der Waals surface area contributed by atoms with Crippen molar-refractivity contribution in [3.63, 3.8) is 0 Å². The van der Waals surface area contributed by atoms with Crippen molar-refractivity contribution in [2.24, 2.45) is 0 Å². The summed E-state index contributed by atoms with van der Waals surface area (Å²) in [7, 11) is 0. The Morgan fingerprint density at radius 3 is 2.00 bits per heavy atom. The van der Waals surface area contributed by atoms with Crippen LogP contribution in [0.15, 0.2) is 53.0 Å². The van der Waals surface area contributed by atoms with E-state index >= 15 is 0 Å². The fourth-order valence-electron chi connectivity index (χ4n) is 1.82. The van der Waals surface area contributed by atoms with E-state index in [4.69, 9.17) is 21.7 Å². The summed E-state index contributed by atoms with van der Waals surface area (Å²) in [5.41, 5.74) is 5.85. The number of carbonyl (C=O) groups is 2. The van der Waals surface area contributed by atoms with E-state index in [1.165, 1.54) is 0 Å². The second-order valence-electron chi connectivity index (χ2n) is 5.39. The van der Waals surface area contributed by atoms with Gasteiger partial charge in [0.25, 0.3) is 11.8 Å². The highest BCUT2D eigenvalue weighted by molar-refractivity contribution is 9.10. The molecule has 2 rings (SSSR count). The van der Waals surface area contributed by atoms with Crippen molar-refractivity contribution in [3.05, 3.63) is 58.6 Å². The van der Waals surface area contributed by atoms with Crippen molar-refractivity contribution in [1.29, 1.82) is 0 Å². The highest BCUT2D eigenvalue weighted by atomic mass is 79.9. The maximum absolute atomic E-state index is 11.8. The second kappa shape index (κ2) is 10.5. The Labute approximate surface area is 170 Å². The van der Waals surface area contributed by atoms with Crippen LogP contribution in [0.1, 0.15) is 5.56 Å². The number of halogens is 1. The molecule has 0 aliphatic carbocycles. The molecule has 0 aliphatic rings. The molecule has 9 heteroatoms. The molecule has 0 fully saturated rings. The Kier molecular flexibility index (Phi) is 8.02. The highest BCUT2D eigenvalue weighted by Gasteiger charge is 2.07. The van der Waals surface area contributed by atoms with Gasteiger partial charge in [-0.25, -0.2) is 0 Å². The number of hydrogen-bond acceptors (Lipinski definition) is 5. The molecule has 2 aromatic rings. The molecule has 2 aromatic carbocycles. The smallest absolute Gasteiger partial charge is 0.276 e. The third-order valence-electron chi connectivity index (χ3n) is 3.14. The Morgan fingerprint density at radius 1 is 0.889 bits per heavy atom. The molecule has 0 bridgehead atoms. The fraction of sp³-hybridized carbons (Fsp3) is 0.167. The SMILES string of the molecule is Cc1ccc(OCC(=O)NNC(=S)NC(=O)COc2ccc(Br)cc2)cc1. The zero-order chi connectivity index (χ0) is 19.6. The van der Waals surface area contributed by atoms with E-state index in [0.29, 0.717) is 11.5 Å². The van der Waals surface area contributed by atoms with Crippen molar-refractivity contribution in [2.45, 2.75) is 6.92 Å². The first-order valence-electron chi connectivity index (χ1n) is 7.89. The second-order valence-corrected chi connectivity index (χ2v) is 6.72. The number of thiocarbonyl (C=S) groups is 1. The van der Waals surface area contributed by atoms with Gasteiger partial charge in [-0.05, 0) is 55.5 Å². The van der Waals surface area contributed by atoms with Gasteiger partial charge in [0.05, 0.1) is 0 Å². The van der Waals surface area contributed by atoms with E-state index in [0.717, 1.165) is 10.0 Å². The molecule has 0 aliphatic heterocycles. The van der Waals surface area contributed by atoms with Crippen LogP contribution >= 0.6 is 28.1 Å². The van der Waals surface area contributed by atoms with Gasteiger partial charge in [-0.2, -0.15) is 0 Å². The normalized spacial score (nSPS) is 9.85. The number of ether oxygens (including phenoxy) is 2. The van der Waals surface area contributed by atoms with Crippen LogP contribution in [0.3, 0.4) is 0 Å². The van der Waals surface area contributed by atoms with Crippen molar-refractivity contribution < 1.29 is 19.1 Å². The van der Waals surface area contributed by atoms with Crippen LogP contribution in [0, 0.1) is 6.92 Å². The molecule has 2 amide bonds. The molecular weight excluding hydrogens is 434 g/mol. The van der Waals surface area contributed by atoms with Gasteiger partial charge in [-0.3, -0.25) is 25.8 Å². The lowest BCUT2D eigenvalue weighted by Crippen LogP contribution is -2.50. The number of nitrogens with one attached hydrogen (secondary N) is 3. The average molecular weight is 452 g/mol. The maximum Gasteiger partial charge on any atom is 0.276 e. The number of hydrazine groups is 1. The molecule has 0 radical (unpaired) electrons. The summed E-state index contributed by atoms with van der Waals surface area (Å²) in [6, 6.07) is 14.4. The molecule has 0 spiro atoms. The number of benzene rings is 2. The van der Waals surface area contributed by atoms with Crippen LogP contribution in [0.2, 0.25) is 0 Å². The molecule has 7 nitrogen and oxygen atoms in total. The van der Waals surface area contributed by atoms with E-state index < -0.39 is 11.8 Å². The summed E-state index contributed by atoms with van der Waals surface area (Å²) < 4.78 is 11.6. The molecule has 0 atom stereocenters. The molecule has 0 aromatic heterocycles. The first-order valence-corrected chi connectivity index (χ1v) is 9.09. The van der Waals surface area contributed by atoms with E-state index in [1.807, 2.05) is 19.1 Å². The van der Waals surface area contributed by atoms with E-state index in [2.05, 4.69) is 32.1 Å². The zero-order valence-corrected chi connectivity index (χ0v) is 16.9. The Balaban J connectivity index is 1.62. The summed E-state index contributed by atoms with van der Waals surface area (Å²) >= 11 is 8.24. The van der Waals surface area contributed by atoms with Crippen LogP contribution in [-0.2, 0) is 9.59 Å². The number of amides is 2. The lowest BCUT2D eigenvalue weighted by molar-refractivity contribution is -0.124. The first-order chi connectivity index (χ1) is 12.9. The molecule has 27 heavy (non-hydrogen) atoms. The highest BCUT2D eigenvalue weighted by Crippen LogP contribution is 2.15. The number of rotatable bonds is 6. The van der Waals surface area contributed by atoms with E-state index in [9.17, 15) is 9.59 Å².